The van der Waals surface area contributed by atoms with E-state index in [1.165, 1.54) is 16.7 Å². The lowest BCUT2D eigenvalue weighted by Gasteiger charge is -2.30. The number of hydrogen-bond donors (Lipinski definition) is 1. The molecule has 4 unspecified atom stereocenters. The van der Waals surface area contributed by atoms with Crippen LogP contribution in [0, 0.1) is 17.3 Å². The molecule has 2 saturated heterocycles. The molecular weight excluding hydrogens is 374 g/mol. The van der Waals surface area contributed by atoms with Crippen LogP contribution in [0.5, 0.6) is 0 Å². The molecule has 4 atom stereocenters. The Morgan fingerprint density at radius 3 is 2.31 bits per heavy atom. The van der Waals surface area contributed by atoms with Crippen LogP contribution in [0.3, 0.4) is 0 Å². The fourth-order valence-electron chi connectivity index (χ4n) is 4.50. The third-order valence-electron chi connectivity index (χ3n) is 6.16. The van der Waals surface area contributed by atoms with Crippen LogP contribution in [0.4, 0.5) is 0 Å². The highest BCUT2D eigenvalue weighted by molar-refractivity contribution is 7.98. The molecule has 1 saturated carbocycles. The van der Waals surface area contributed by atoms with Gasteiger partial charge in [0.2, 0.25) is 17.7 Å². The van der Waals surface area contributed by atoms with E-state index in [9.17, 15) is 14.4 Å². The quantitative estimate of drug-likeness (QED) is 0.703. The molecule has 8 heteroatoms. The van der Waals surface area contributed by atoms with E-state index in [-0.39, 0.29) is 47.4 Å². The predicted octanol–water partition coefficient (Wildman–Crippen LogP) is 1.51. The standard InChI is InChI=1S/C18H29N3O3S.ClH/c1-18(10-19)7-8-20(11-18)17(24)14(9-25-2)21-15(22)12-5-3-4-6-13(12)16(21)23;/h12-14H,3-11,19H2,1-2H3;1H. The largest absolute Gasteiger partial charge is 0.340 e. The summed E-state index contributed by atoms with van der Waals surface area (Å²) < 4.78 is 0. The number of carbonyl (C=O) groups excluding carboxylic acids is 3. The van der Waals surface area contributed by atoms with Crippen molar-refractivity contribution in [2.24, 2.45) is 23.0 Å². The highest BCUT2D eigenvalue weighted by Crippen LogP contribution is 2.40. The molecule has 3 aliphatic rings. The minimum Gasteiger partial charge on any atom is -0.340 e. The Morgan fingerprint density at radius 2 is 1.85 bits per heavy atom. The summed E-state index contributed by atoms with van der Waals surface area (Å²) >= 11 is 1.51. The number of halogens is 1. The Labute approximate surface area is 166 Å². The first kappa shape index (κ1) is 21.5. The van der Waals surface area contributed by atoms with Crippen LogP contribution in [0.25, 0.3) is 0 Å². The van der Waals surface area contributed by atoms with Crippen LogP contribution < -0.4 is 5.73 Å². The molecule has 3 amide bonds. The second-order valence-corrected chi connectivity index (χ2v) is 8.95. The number of nitrogens with two attached hydrogens (primary N) is 1. The molecule has 3 rings (SSSR count). The van der Waals surface area contributed by atoms with Gasteiger partial charge in [0.25, 0.3) is 0 Å². The summed E-state index contributed by atoms with van der Waals surface area (Å²) in [6.07, 6.45) is 6.33. The van der Waals surface area contributed by atoms with Gasteiger partial charge in [-0.2, -0.15) is 11.8 Å². The molecule has 0 aromatic heterocycles. The third-order valence-corrected chi connectivity index (χ3v) is 6.81. The maximum atomic E-state index is 13.1. The molecule has 0 bridgehead atoms. The molecule has 1 aliphatic carbocycles. The molecule has 2 aliphatic heterocycles. The van der Waals surface area contributed by atoms with Crippen molar-refractivity contribution in [3.05, 3.63) is 0 Å². The lowest BCUT2D eigenvalue weighted by atomic mass is 9.81. The highest BCUT2D eigenvalue weighted by atomic mass is 35.5. The average Bonchev–Trinajstić information content (AvgIpc) is 3.13. The molecule has 3 fully saturated rings. The van der Waals surface area contributed by atoms with E-state index in [1.807, 2.05) is 6.26 Å². The molecule has 6 nitrogen and oxygen atoms in total. The number of nitrogens with zero attached hydrogens (tertiary/aromatic N) is 2. The van der Waals surface area contributed by atoms with E-state index in [1.54, 1.807) is 4.90 Å². The summed E-state index contributed by atoms with van der Waals surface area (Å²) in [6.45, 7) is 3.89. The topological polar surface area (TPSA) is 83.7 Å². The summed E-state index contributed by atoms with van der Waals surface area (Å²) in [6, 6.07) is -0.666. The normalized spacial score (nSPS) is 32.4. The fourth-order valence-corrected chi connectivity index (χ4v) is 5.11. The first-order valence-corrected chi connectivity index (χ1v) is 10.7. The number of thioether (sulfide) groups is 1. The van der Waals surface area contributed by atoms with Crippen LogP contribution in [-0.2, 0) is 14.4 Å². The Kier molecular flexibility index (Phi) is 7.02. The van der Waals surface area contributed by atoms with Crippen LogP contribution in [0.2, 0.25) is 0 Å². The zero-order valence-electron chi connectivity index (χ0n) is 15.6. The van der Waals surface area contributed by atoms with E-state index in [0.29, 0.717) is 25.4 Å². The van der Waals surface area contributed by atoms with Crippen LogP contribution in [-0.4, -0.2) is 65.2 Å². The lowest BCUT2D eigenvalue weighted by Crippen LogP contribution is -2.52. The van der Waals surface area contributed by atoms with Gasteiger partial charge < -0.3 is 10.6 Å². The van der Waals surface area contributed by atoms with Crippen molar-refractivity contribution in [2.75, 3.05) is 31.6 Å². The average molecular weight is 404 g/mol. The fraction of sp³-hybridized carbons (Fsp3) is 0.833. The number of imide groups is 1. The minimum absolute atomic E-state index is 0. The maximum absolute atomic E-state index is 13.1. The van der Waals surface area contributed by atoms with Gasteiger partial charge in [-0.15, -0.1) is 12.4 Å². The smallest absolute Gasteiger partial charge is 0.246 e. The summed E-state index contributed by atoms with van der Waals surface area (Å²) in [7, 11) is 0. The third kappa shape index (κ3) is 3.76. The van der Waals surface area contributed by atoms with E-state index < -0.39 is 6.04 Å². The predicted molar refractivity (Wildman–Crippen MR) is 105 cm³/mol. The van der Waals surface area contributed by atoms with Gasteiger partial charge in [-0.05, 0) is 37.5 Å². The van der Waals surface area contributed by atoms with E-state index in [0.717, 1.165) is 32.1 Å². The number of amides is 3. The first-order valence-electron chi connectivity index (χ1n) is 9.26. The van der Waals surface area contributed by atoms with Crippen LogP contribution in [0.1, 0.15) is 39.0 Å². The molecular formula is C18H30ClN3O3S. The van der Waals surface area contributed by atoms with Crippen molar-refractivity contribution in [1.82, 2.24) is 9.80 Å². The van der Waals surface area contributed by atoms with Crippen molar-refractivity contribution in [3.8, 4) is 0 Å². The van der Waals surface area contributed by atoms with Gasteiger partial charge in [-0.3, -0.25) is 19.3 Å². The number of hydrogen-bond acceptors (Lipinski definition) is 5. The van der Waals surface area contributed by atoms with Crippen molar-refractivity contribution in [1.29, 1.82) is 0 Å². The summed E-state index contributed by atoms with van der Waals surface area (Å²) in [5.41, 5.74) is 5.79. The van der Waals surface area contributed by atoms with Crippen LogP contribution >= 0.6 is 24.2 Å². The number of fused-ring (bicyclic) bond motifs is 1. The molecule has 2 heterocycles. The van der Waals surface area contributed by atoms with E-state index in [2.05, 4.69) is 6.92 Å². The molecule has 2 N–H and O–H groups in total. The maximum Gasteiger partial charge on any atom is 0.246 e. The number of carbonyl (C=O) groups is 3. The molecule has 0 aromatic carbocycles. The first-order chi connectivity index (χ1) is 11.9. The van der Waals surface area contributed by atoms with Crippen LogP contribution in [0.15, 0.2) is 0 Å². The Bertz CT molecular complexity index is 552. The van der Waals surface area contributed by atoms with Crippen molar-refractivity contribution in [3.63, 3.8) is 0 Å². The van der Waals surface area contributed by atoms with Crippen molar-refractivity contribution in [2.45, 2.75) is 45.1 Å². The van der Waals surface area contributed by atoms with Gasteiger partial charge in [0.15, 0.2) is 0 Å². The van der Waals surface area contributed by atoms with Gasteiger partial charge >= 0.3 is 0 Å². The van der Waals surface area contributed by atoms with Gasteiger partial charge in [0, 0.05) is 18.8 Å². The molecule has 0 spiro atoms. The Morgan fingerprint density at radius 1 is 1.27 bits per heavy atom. The SMILES string of the molecule is CSCC(C(=O)N1CCC(C)(CN)C1)N1C(=O)C2CCCCC2C1=O.Cl. The zero-order chi connectivity index (χ0) is 18.2. The second-order valence-electron chi connectivity index (χ2n) is 8.04. The molecule has 0 radical (unpaired) electrons. The van der Waals surface area contributed by atoms with E-state index >= 15 is 0 Å². The monoisotopic (exact) mass is 403 g/mol. The van der Waals surface area contributed by atoms with Gasteiger partial charge in [-0.25, -0.2) is 0 Å². The molecule has 148 valence electrons. The lowest BCUT2D eigenvalue weighted by molar-refractivity contribution is -0.150. The number of likely N-dealkylation sites (tertiary alicyclic amines) is 2. The van der Waals surface area contributed by atoms with Gasteiger partial charge in [0.05, 0.1) is 11.8 Å². The number of rotatable bonds is 5. The molecule has 0 aromatic rings. The summed E-state index contributed by atoms with van der Waals surface area (Å²) in [4.78, 5) is 42.0. The Balaban J connectivity index is 0.00000243. The van der Waals surface area contributed by atoms with E-state index in [4.69, 9.17) is 5.73 Å². The highest BCUT2D eigenvalue weighted by Gasteiger charge is 2.52. The second kappa shape index (κ2) is 8.48. The van der Waals surface area contributed by atoms with Crippen molar-refractivity contribution >= 4 is 41.9 Å². The van der Waals surface area contributed by atoms with Gasteiger partial charge in [0.1, 0.15) is 6.04 Å². The Hall–Kier alpha value is -0.790. The summed E-state index contributed by atoms with van der Waals surface area (Å²) in [5, 5.41) is 0. The van der Waals surface area contributed by atoms with Crippen molar-refractivity contribution < 1.29 is 14.4 Å². The summed E-state index contributed by atoms with van der Waals surface area (Å²) in [5.74, 6) is -0.277. The zero-order valence-corrected chi connectivity index (χ0v) is 17.2. The minimum atomic E-state index is -0.666. The molecule has 26 heavy (non-hydrogen) atoms. The van der Waals surface area contributed by atoms with Gasteiger partial charge in [-0.1, -0.05) is 19.8 Å².